The van der Waals surface area contributed by atoms with Crippen LogP contribution in [0.15, 0.2) is 18.3 Å². The first-order valence-electron chi connectivity index (χ1n) is 5.95. The van der Waals surface area contributed by atoms with Crippen LogP contribution in [0.25, 0.3) is 0 Å². The standard InChI is InChI=1S/C13H15N3O2/c14-8-10-2-5-15-11(6-10)16-9-13(3-1-4-13)7-12(17)18/h2,5-6H,1,3-4,7,9H2,(H,15,16)(H,17,18). The Kier molecular flexibility index (Phi) is 3.47. The lowest BCUT2D eigenvalue weighted by molar-refractivity contribution is -0.141. The third-order valence-electron chi connectivity index (χ3n) is 3.47. The molecular formula is C13H15N3O2. The van der Waals surface area contributed by atoms with Crippen molar-refractivity contribution in [2.24, 2.45) is 5.41 Å². The highest BCUT2D eigenvalue weighted by Gasteiger charge is 2.38. The van der Waals surface area contributed by atoms with Crippen molar-refractivity contribution in [3.8, 4) is 6.07 Å². The molecule has 5 heteroatoms. The van der Waals surface area contributed by atoms with E-state index in [0.29, 0.717) is 17.9 Å². The van der Waals surface area contributed by atoms with Gasteiger partial charge in [-0.3, -0.25) is 4.79 Å². The largest absolute Gasteiger partial charge is 0.481 e. The molecule has 0 aromatic carbocycles. The number of anilines is 1. The normalized spacial score (nSPS) is 16.4. The summed E-state index contributed by atoms with van der Waals surface area (Å²) in [6.45, 7) is 0.598. The van der Waals surface area contributed by atoms with Crippen molar-refractivity contribution in [1.29, 1.82) is 5.26 Å². The summed E-state index contributed by atoms with van der Waals surface area (Å²) in [5.41, 5.74) is 0.407. The quantitative estimate of drug-likeness (QED) is 0.828. The Morgan fingerprint density at radius 2 is 2.39 bits per heavy atom. The van der Waals surface area contributed by atoms with Gasteiger partial charge in [0.15, 0.2) is 0 Å². The molecule has 2 N–H and O–H groups in total. The van der Waals surface area contributed by atoms with Crippen LogP contribution in [0.2, 0.25) is 0 Å². The summed E-state index contributed by atoms with van der Waals surface area (Å²) in [5.74, 6) is -0.124. The molecule has 1 fully saturated rings. The molecule has 0 spiro atoms. The molecule has 0 aliphatic heterocycles. The van der Waals surface area contributed by atoms with E-state index in [0.717, 1.165) is 19.3 Å². The number of pyridine rings is 1. The Balaban J connectivity index is 1.97. The number of nitrogens with one attached hydrogen (secondary N) is 1. The predicted octanol–water partition coefficient (Wildman–Crippen LogP) is 2.01. The van der Waals surface area contributed by atoms with Gasteiger partial charge in [0.1, 0.15) is 5.82 Å². The van der Waals surface area contributed by atoms with Crippen LogP contribution >= 0.6 is 0 Å². The number of rotatable bonds is 5. The van der Waals surface area contributed by atoms with Gasteiger partial charge in [0.05, 0.1) is 18.1 Å². The molecule has 0 saturated heterocycles. The van der Waals surface area contributed by atoms with E-state index in [4.69, 9.17) is 10.4 Å². The van der Waals surface area contributed by atoms with E-state index in [-0.39, 0.29) is 11.8 Å². The van der Waals surface area contributed by atoms with Crippen LogP contribution in [-0.2, 0) is 4.79 Å². The van der Waals surface area contributed by atoms with Gasteiger partial charge in [-0.2, -0.15) is 5.26 Å². The topological polar surface area (TPSA) is 86.0 Å². The van der Waals surface area contributed by atoms with Gasteiger partial charge in [-0.25, -0.2) is 4.98 Å². The molecule has 0 amide bonds. The molecule has 1 aliphatic carbocycles. The Labute approximate surface area is 105 Å². The van der Waals surface area contributed by atoms with Gasteiger partial charge < -0.3 is 10.4 Å². The minimum atomic E-state index is -0.754. The van der Waals surface area contributed by atoms with Crippen LogP contribution in [0.4, 0.5) is 5.82 Å². The summed E-state index contributed by atoms with van der Waals surface area (Å²) in [5, 5.41) is 20.8. The van der Waals surface area contributed by atoms with Gasteiger partial charge in [-0.1, -0.05) is 6.42 Å². The molecule has 1 aromatic heterocycles. The van der Waals surface area contributed by atoms with E-state index in [1.807, 2.05) is 0 Å². The van der Waals surface area contributed by atoms with Gasteiger partial charge in [-0.05, 0) is 30.4 Å². The Hall–Kier alpha value is -2.09. The fourth-order valence-electron chi connectivity index (χ4n) is 2.29. The van der Waals surface area contributed by atoms with Crippen LogP contribution in [0, 0.1) is 16.7 Å². The molecule has 0 radical (unpaired) electrons. The molecule has 1 heterocycles. The van der Waals surface area contributed by atoms with Crippen molar-refractivity contribution in [3.05, 3.63) is 23.9 Å². The lowest BCUT2D eigenvalue weighted by atomic mass is 9.66. The fourth-order valence-corrected chi connectivity index (χ4v) is 2.29. The van der Waals surface area contributed by atoms with Crippen LogP contribution in [0.1, 0.15) is 31.2 Å². The molecule has 2 rings (SSSR count). The lowest BCUT2D eigenvalue weighted by Crippen LogP contribution is -2.38. The maximum absolute atomic E-state index is 10.8. The third kappa shape index (κ3) is 2.77. The molecule has 0 atom stereocenters. The van der Waals surface area contributed by atoms with E-state index in [2.05, 4.69) is 16.4 Å². The number of carbonyl (C=O) groups is 1. The molecular weight excluding hydrogens is 230 g/mol. The number of nitrogens with zero attached hydrogens (tertiary/aromatic N) is 2. The highest BCUT2D eigenvalue weighted by atomic mass is 16.4. The molecule has 0 unspecified atom stereocenters. The molecule has 94 valence electrons. The van der Waals surface area contributed by atoms with Crippen molar-refractivity contribution in [3.63, 3.8) is 0 Å². The van der Waals surface area contributed by atoms with Crippen LogP contribution in [-0.4, -0.2) is 22.6 Å². The number of nitriles is 1. The summed E-state index contributed by atoms with van der Waals surface area (Å²) < 4.78 is 0. The van der Waals surface area contributed by atoms with Crippen LogP contribution < -0.4 is 5.32 Å². The minimum absolute atomic E-state index is 0.143. The number of carboxylic acid groups (broad SMARTS) is 1. The van der Waals surface area contributed by atoms with Gasteiger partial charge >= 0.3 is 5.97 Å². The molecule has 1 aliphatic rings. The van der Waals surface area contributed by atoms with Crippen molar-refractivity contribution in [1.82, 2.24) is 4.98 Å². The first-order valence-corrected chi connectivity index (χ1v) is 5.95. The maximum Gasteiger partial charge on any atom is 0.303 e. The van der Waals surface area contributed by atoms with Gasteiger partial charge in [0.2, 0.25) is 0 Å². The smallest absolute Gasteiger partial charge is 0.303 e. The van der Waals surface area contributed by atoms with E-state index in [1.165, 1.54) is 0 Å². The van der Waals surface area contributed by atoms with Crippen LogP contribution in [0.5, 0.6) is 0 Å². The van der Waals surface area contributed by atoms with Crippen molar-refractivity contribution in [2.45, 2.75) is 25.7 Å². The number of aliphatic carboxylic acids is 1. The molecule has 1 saturated carbocycles. The number of hydrogen-bond acceptors (Lipinski definition) is 4. The maximum atomic E-state index is 10.8. The summed E-state index contributed by atoms with van der Waals surface area (Å²) in [6.07, 6.45) is 4.72. The summed E-state index contributed by atoms with van der Waals surface area (Å²) in [4.78, 5) is 15.0. The van der Waals surface area contributed by atoms with Crippen LogP contribution in [0.3, 0.4) is 0 Å². The van der Waals surface area contributed by atoms with Crippen molar-refractivity contribution in [2.75, 3.05) is 11.9 Å². The highest BCUT2D eigenvalue weighted by molar-refractivity contribution is 5.68. The molecule has 5 nitrogen and oxygen atoms in total. The predicted molar refractivity (Wildman–Crippen MR) is 66.0 cm³/mol. The average molecular weight is 245 g/mol. The van der Waals surface area contributed by atoms with E-state index in [1.54, 1.807) is 18.3 Å². The summed E-state index contributed by atoms with van der Waals surface area (Å²) in [6, 6.07) is 5.36. The first kappa shape index (κ1) is 12.4. The zero-order chi connectivity index (χ0) is 13.0. The van der Waals surface area contributed by atoms with Gasteiger partial charge in [0.25, 0.3) is 0 Å². The Morgan fingerprint density at radius 1 is 1.61 bits per heavy atom. The molecule has 1 aromatic rings. The lowest BCUT2D eigenvalue weighted by Gasteiger charge is -2.41. The van der Waals surface area contributed by atoms with E-state index < -0.39 is 5.97 Å². The van der Waals surface area contributed by atoms with Crippen molar-refractivity contribution >= 4 is 11.8 Å². The number of carboxylic acids is 1. The van der Waals surface area contributed by atoms with E-state index in [9.17, 15) is 4.79 Å². The zero-order valence-corrected chi connectivity index (χ0v) is 10.0. The van der Waals surface area contributed by atoms with E-state index >= 15 is 0 Å². The second-order valence-electron chi connectivity index (χ2n) is 4.82. The summed E-state index contributed by atoms with van der Waals surface area (Å²) >= 11 is 0. The summed E-state index contributed by atoms with van der Waals surface area (Å²) in [7, 11) is 0. The average Bonchev–Trinajstić information content (AvgIpc) is 2.32. The molecule has 0 bridgehead atoms. The number of hydrogen-bond donors (Lipinski definition) is 2. The van der Waals surface area contributed by atoms with Gasteiger partial charge in [0, 0.05) is 12.7 Å². The third-order valence-corrected chi connectivity index (χ3v) is 3.47. The zero-order valence-electron chi connectivity index (χ0n) is 10.0. The SMILES string of the molecule is N#Cc1ccnc(NCC2(CC(=O)O)CCC2)c1. The molecule has 18 heavy (non-hydrogen) atoms. The second-order valence-corrected chi connectivity index (χ2v) is 4.82. The Morgan fingerprint density at radius 3 is 2.94 bits per heavy atom. The highest BCUT2D eigenvalue weighted by Crippen LogP contribution is 2.43. The number of aromatic nitrogens is 1. The fraction of sp³-hybridized carbons (Fsp3) is 0.462. The van der Waals surface area contributed by atoms with Crippen molar-refractivity contribution < 1.29 is 9.90 Å². The monoisotopic (exact) mass is 245 g/mol. The Bertz CT molecular complexity index is 489. The second kappa shape index (κ2) is 5.05. The van der Waals surface area contributed by atoms with Gasteiger partial charge in [-0.15, -0.1) is 0 Å². The minimum Gasteiger partial charge on any atom is -0.481 e. The first-order chi connectivity index (χ1) is 8.63.